The van der Waals surface area contributed by atoms with Crippen LogP contribution in [0.25, 0.3) is 0 Å². The number of rotatable bonds is 6. The van der Waals surface area contributed by atoms with Gasteiger partial charge in [-0.15, -0.1) is 24.0 Å². The molecule has 2 rings (SSSR count). The minimum Gasteiger partial charge on any atom is -0.466 e. The molecule has 2 aromatic rings. The molecule has 0 saturated carbocycles. The predicted octanol–water partition coefficient (Wildman–Crippen LogP) is 2.61. The molecule has 0 spiro atoms. The van der Waals surface area contributed by atoms with Crippen molar-refractivity contribution in [1.82, 2.24) is 20.4 Å². The van der Waals surface area contributed by atoms with Crippen molar-refractivity contribution < 1.29 is 22.7 Å². The highest BCUT2D eigenvalue weighted by Crippen LogP contribution is 2.30. The summed E-state index contributed by atoms with van der Waals surface area (Å²) in [4.78, 5) is 4.15. The minimum absolute atomic E-state index is 0. The number of aryl methyl sites for hydroxylation is 1. The van der Waals surface area contributed by atoms with Crippen molar-refractivity contribution in [3.8, 4) is 0 Å². The zero-order valence-electron chi connectivity index (χ0n) is 15.2. The maximum Gasteiger partial charge on any atom is 0.435 e. The fourth-order valence-electron chi connectivity index (χ4n) is 2.33. The van der Waals surface area contributed by atoms with Crippen molar-refractivity contribution in [3.63, 3.8) is 0 Å². The Balaban J connectivity index is 0.00000364. The summed E-state index contributed by atoms with van der Waals surface area (Å²) in [6.45, 7) is 3.75. The number of hydrogen-bond donors (Lipinski definition) is 3. The summed E-state index contributed by atoms with van der Waals surface area (Å²) < 4.78 is 45.3. The van der Waals surface area contributed by atoms with Gasteiger partial charge in [-0.3, -0.25) is 4.68 Å². The van der Waals surface area contributed by atoms with Crippen LogP contribution in [0.3, 0.4) is 0 Å². The Morgan fingerprint density at radius 1 is 1.37 bits per heavy atom. The maximum atomic E-state index is 13.0. The number of aromatic nitrogens is 2. The number of aliphatic imine (C=N–C) groups is 1. The number of alkyl halides is 3. The molecule has 0 amide bonds. The lowest BCUT2D eigenvalue weighted by Gasteiger charge is -2.22. The number of guanidine groups is 1. The van der Waals surface area contributed by atoms with Crippen LogP contribution in [0.2, 0.25) is 0 Å². The number of nitrogens with one attached hydrogen (secondary N) is 2. The first kappa shape index (κ1) is 23.3. The molecule has 1 unspecified atom stereocenters. The van der Waals surface area contributed by atoms with E-state index >= 15 is 0 Å². The minimum atomic E-state index is -4.54. The van der Waals surface area contributed by atoms with Gasteiger partial charge in [-0.25, -0.2) is 4.99 Å². The lowest BCUT2D eigenvalue weighted by atomic mass is 10.0. The molecule has 7 nitrogen and oxygen atoms in total. The van der Waals surface area contributed by atoms with Crippen LogP contribution < -0.4 is 10.6 Å². The fourth-order valence-corrected chi connectivity index (χ4v) is 2.33. The molecule has 2 heterocycles. The highest BCUT2D eigenvalue weighted by molar-refractivity contribution is 14.0. The van der Waals surface area contributed by atoms with Gasteiger partial charge in [-0.05, 0) is 26.0 Å². The van der Waals surface area contributed by atoms with Crippen LogP contribution in [0, 0.1) is 0 Å². The molecule has 0 aliphatic rings. The summed E-state index contributed by atoms with van der Waals surface area (Å²) in [5, 5.41) is 19.7. The summed E-state index contributed by atoms with van der Waals surface area (Å²) in [5.74, 6) is 0.642. The molecule has 0 radical (unpaired) electrons. The number of aliphatic hydroxyl groups is 1. The first-order valence-corrected chi connectivity index (χ1v) is 8.01. The van der Waals surface area contributed by atoms with E-state index in [1.165, 1.54) is 19.5 Å². The Labute approximate surface area is 172 Å². The second kappa shape index (κ2) is 9.44. The van der Waals surface area contributed by atoms with Crippen LogP contribution in [-0.4, -0.2) is 33.9 Å². The summed E-state index contributed by atoms with van der Waals surface area (Å²) in [6.07, 6.45) is -1.81. The summed E-state index contributed by atoms with van der Waals surface area (Å²) in [7, 11) is 1.42. The summed E-state index contributed by atoms with van der Waals surface area (Å²) in [6, 6.07) is 3.29. The van der Waals surface area contributed by atoms with Crippen molar-refractivity contribution in [3.05, 3.63) is 41.6 Å². The van der Waals surface area contributed by atoms with E-state index in [2.05, 4.69) is 20.7 Å². The van der Waals surface area contributed by atoms with Crippen LogP contribution in [0.15, 0.2) is 34.0 Å². The van der Waals surface area contributed by atoms with E-state index in [1.807, 2.05) is 6.92 Å². The van der Waals surface area contributed by atoms with Gasteiger partial charge in [-0.2, -0.15) is 18.3 Å². The van der Waals surface area contributed by atoms with E-state index in [0.29, 0.717) is 12.3 Å². The molecular formula is C16H23F3IN5O2. The van der Waals surface area contributed by atoms with E-state index < -0.39 is 17.5 Å². The van der Waals surface area contributed by atoms with Crippen LogP contribution >= 0.6 is 24.0 Å². The average molecular weight is 501 g/mol. The molecule has 0 aliphatic heterocycles. The standard InChI is InChI=1S/C16H22F3N5O2.HI/c1-4-20-14(22-10-15(2,25)12-6-5-7-26-12)21-8-11-9-24(3)23-13(11)16(17,18)19;/h5-7,9,25H,4,8,10H2,1-3H3,(H2,20,21,22);1H. The van der Waals surface area contributed by atoms with Gasteiger partial charge < -0.3 is 20.2 Å². The third-order valence-electron chi connectivity index (χ3n) is 3.58. The van der Waals surface area contributed by atoms with Crippen molar-refractivity contribution >= 4 is 29.9 Å². The van der Waals surface area contributed by atoms with Crippen molar-refractivity contribution in [2.45, 2.75) is 32.2 Å². The second-order valence-corrected chi connectivity index (χ2v) is 5.97. The van der Waals surface area contributed by atoms with Gasteiger partial charge in [0, 0.05) is 25.4 Å². The molecule has 0 aromatic carbocycles. The molecule has 3 N–H and O–H groups in total. The van der Waals surface area contributed by atoms with Gasteiger partial charge in [0.1, 0.15) is 11.4 Å². The highest BCUT2D eigenvalue weighted by Gasteiger charge is 2.36. The Hall–Kier alpha value is -1.76. The Morgan fingerprint density at radius 2 is 2.07 bits per heavy atom. The van der Waals surface area contributed by atoms with Gasteiger partial charge in [0.25, 0.3) is 0 Å². The third kappa shape index (κ3) is 6.41. The Bertz CT molecular complexity index is 742. The molecule has 1 atom stereocenters. The third-order valence-corrected chi connectivity index (χ3v) is 3.58. The van der Waals surface area contributed by atoms with E-state index in [4.69, 9.17) is 4.42 Å². The molecule has 0 fully saturated rings. The number of furan rings is 1. The van der Waals surface area contributed by atoms with E-state index in [9.17, 15) is 18.3 Å². The van der Waals surface area contributed by atoms with Crippen LogP contribution in [-0.2, 0) is 25.4 Å². The van der Waals surface area contributed by atoms with E-state index in [0.717, 1.165) is 4.68 Å². The number of nitrogens with zero attached hydrogens (tertiary/aromatic N) is 3. The van der Waals surface area contributed by atoms with Gasteiger partial charge >= 0.3 is 6.18 Å². The quantitative estimate of drug-likeness (QED) is 0.322. The lowest BCUT2D eigenvalue weighted by Crippen LogP contribution is -2.44. The van der Waals surface area contributed by atoms with Gasteiger partial charge in [-0.1, -0.05) is 0 Å². The van der Waals surface area contributed by atoms with Gasteiger partial charge in [0.15, 0.2) is 11.7 Å². The molecule has 11 heteroatoms. The maximum absolute atomic E-state index is 13.0. The highest BCUT2D eigenvalue weighted by atomic mass is 127. The zero-order chi connectivity index (χ0) is 19.4. The summed E-state index contributed by atoms with van der Waals surface area (Å²) in [5.41, 5.74) is -2.29. The molecule has 152 valence electrons. The second-order valence-electron chi connectivity index (χ2n) is 5.97. The van der Waals surface area contributed by atoms with E-state index in [1.54, 1.807) is 19.1 Å². The molecular weight excluding hydrogens is 478 g/mol. The Morgan fingerprint density at radius 3 is 2.63 bits per heavy atom. The van der Waals surface area contributed by atoms with E-state index in [-0.39, 0.29) is 48.6 Å². The van der Waals surface area contributed by atoms with Crippen LogP contribution in [0.1, 0.15) is 30.9 Å². The molecule has 0 saturated heterocycles. The fraction of sp³-hybridized carbons (Fsp3) is 0.500. The van der Waals surface area contributed by atoms with Crippen molar-refractivity contribution in [2.75, 3.05) is 13.1 Å². The lowest BCUT2D eigenvalue weighted by molar-refractivity contribution is -0.142. The normalized spacial score (nSPS) is 14.4. The smallest absolute Gasteiger partial charge is 0.435 e. The van der Waals surface area contributed by atoms with Crippen molar-refractivity contribution in [2.24, 2.45) is 12.0 Å². The Kier molecular flexibility index (Phi) is 8.14. The molecule has 0 bridgehead atoms. The summed E-state index contributed by atoms with van der Waals surface area (Å²) >= 11 is 0. The molecule has 0 aliphatic carbocycles. The molecule has 27 heavy (non-hydrogen) atoms. The predicted molar refractivity (Wildman–Crippen MR) is 105 cm³/mol. The SMILES string of the molecule is CCNC(=NCc1cn(C)nc1C(F)(F)F)NCC(C)(O)c1ccco1.I. The van der Waals surface area contributed by atoms with Gasteiger partial charge in [0.2, 0.25) is 0 Å². The number of hydrogen-bond acceptors (Lipinski definition) is 4. The van der Waals surface area contributed by atoms with Gasteiger partial charge in [0.05, 0.1) is 19.4 Å². The number of halogens is 4. The first-order chi connectivity index (χ1) is 12.1. The van der Waals surface area contributed by atoms with Crippen LogP contribution in [0.4, 0.5) is 13.2 Å². The monoisotopic (exact) mass is 501 g/mol. The average Bonchev–Trinajstić information content (AvgIpc) is 3.19. The first-order valence-electron chi connectivity index (χ1n) is 8.01. The largest absolute Gasteiger partial charge is 0.466 e. The van der Waals surface area contributed by atoms with Crippen LogP contribution in [0.5, 0.6) is 0 Å². The zero-order valence-corrected chi connectivity index (χ0v) is 17.5. The van der Waals surface area contributed by atoms with Crippen molar-refractivity contribution in [1.29, 1.82) is 0 Å². The topological polar surface area (TPSA) is 87.6 Å². The molecule has 2 aromatic heterocycles.